The van der Waals surface area contributed by atoms with E-state index in [1.807, 2.05) is 96.9 Å². The van der Waals surface area contributed by atoms with Gasteiger partial charge >= 0.3 is 12.1 Å². The van der Waals surface area contributed by atoms with Crippen LogP contribution in [0.15, 0.2) is 84.9 Å². The zero-order valence-corrected chi connectivity index (χ0v) is 74.8. The summed E-state index contributed by atoms with van der Waals surface area (Å²) in [5.41, 5.74) is 7.90. The predicted octanol–water partition coefficient (Wildman–Crippen LogP) is -0.471. The Hall–Kier alpha value is -9.58. The van der Waals surface area contributed by atoms with E-state index < -0.39 is 219 Å². The summed E-state index contributed by atoms with van der Waals surface area (Å²) in [4.78, 5) is 169. The molecule has 3 aromatic rings. The summed E-state index contributed by atoms with van der Waals surface area (Å²) < 4.78 is 34.6. The van der Waals surface area contributed by atoms with Gasteiger partial charge in [-0.15, -0.1) is 0 Å². The van der Waals surface area contributed by atoms with Gasteiger partial charge in [0.1, 0.15) is 85.7 Å². The Morgan fingerprint density at radius 3 is 1.55 bits per heavy atom. The lowest BCUT2D eigenvalue weighted by atomic mass is 9.89. The fourth-order valence-corrected chi connectivity index (χ4v) is 16.6. The normalized spacial score (nSPS) is 24.0. The van der Waals surface area contributed by atoms with E-state index >= 15 is 0 Å². The number of nitrogens with zero attached hydrogens (tertiary/aromatic N) is 3. The molecule has 4 aliphatic heterocycles. The van der Waals surface area contributed by atoms with Crippen molar-refractivity contribution in [2.45, 2.75) is 267 Å². The minimum Gasteiger partial charge on any atom is -0.445 e. The average molecular weight is 1770 g/mol. The lowest BCUT2D eigenvalue weighted by Gasteiger charge is -2.41. The largest absolute Gasteiger partial charge is 0.445 e. The van der Waals surface area contributed by atoms with E-state index in [2.05, 4.69) is 53.2 Å². The van der Waals surface area contributed by atoms with E-state index in [4.69, 9.17) is 34.2 Å². The molecule has 18 N–H and O–H groups in total. The van der Waals surface area contributed by atoms with Gasteiger partial charge in [-0.3, -0.25) is 52.8 Å². The van der Waals surface area contributed by atoms with Crippen LogP contribution in [0, 0.1) is 29.6 Å². The van der Waals surface area contributed by atoms with Crippen molar-refractivity contribution in [3.8, 4) is 0 Å². The van der Waals surface area contributed by atoms with Gasteiger partial charge < -0.3 is 128 Å². The second-order valence-electron chi connectivity index (χ2n) is 34.5. The Labute approximate surface area is 737 Å². The Balaban J connectivity index is 0.874. The van der Waals surface area contributed by atoms with E-state index in [1.54, 1.807) is 86.1 Å². The van der Waals surface area contributed by atoms with Gasteiger partial charge in [0.15, 0.2) is 0 Å². The SMILES string of the molecule is CC[C@H](C)C(C(CC(=O)N1CCCC1C(OC)C(C)C(=O)N[C@@H](Cc1ccccc1)C(=O)NCCc1ccc(NC(=O)C(CCCNC(N)=O)NC(=O)[C@H](NC(=O)C[C@@H]2O[C@H](CNC(=O)CC3OC(CNC(=O)C[C@@H]4O[C@H](CNC(=O)OCc5ccccc5)C(O)C4O)[C@@H](O)[C@H]3O)C(O)C2O)C(C)C)cc1)OC)N(C)C(=O)[C@@H](NC(=O)C(C(C)C)N(C)C)C(C)C. The molecule has 38 heteroatoms. The van der Waals surface area contributed by atoms with Crippen LogP contribution in [0.25, 0.3) is 0 Å². The molecule has 126 heavy (non-hydrogen) atoms. The number of anilines is 1. The number of hydrogen-bond acceptors (Lipinski definition) is 25. The van der Waals surface area contributed by atoms with Gasteiger partial charge in [0.05, 0.1) is 80.2 Å². The second-order valence-corrected chi connectivity index (χ2v) is 34.5. The Morgan fingerprint density at radius 1 is 0.532 bits per heavy atom. The first kappa shape index (κ1) is 103. The molecule has 3 aromatic carbocycles. The number of amides is 13. The highest BCUT2D eigenvalue weighted by Gasteiger charge is 2.49. The van der Waals surface area contributed by atoms with Gasteiger partial charge in [-0.2, -0.15) is 0 Å². The summed E-state index contributed by atoms with van der Waals surface area (Å²) in [6.07, 6.45) is -18.3. The van der Waals surface area contributed by atoms with E-state index in [0.717, 1.165) is 16.7 Å². The first-order chi connectivity index (χ1) is 59.8. The fourth-order valence-electron chi connectivity index (χ4n) is 16.6. The van der Waals surface area contributed by atoms with Crippen LogP contribution in [0.5, 0.6) is 0 Å². The number of rotatable bonds is 48. The molecule has 4 fully saturated rings. The van der Waals surface area contributed by atoms with Crippen LogP contribution in [0.2, 0.25) is 0 Å². The molecule has 4 saturated heterocycles. The zero-order chi connectivity index (χ0) is 92.9. The molecule has 13 amide bonds. The zero-order valence-electron chi connectivity index (χ0n) is 74.8. The smallest absolute Gasteiger partial charge is 0.407 e. The molecular weight excluding hydrogens is 1640 g/mol. The number of likely N-dealkylation sites (tertiary alicyclic amines) is 1. The number of hydrogen-bond donors (Lipinski definition) is 17. The number of nitrogens with one attached hydrogen (secondary N) is 10. The lowest BCUT2D eigenvalue weighted by molar-refractivity contribution is -0.148. The third-order valence-corrected chi connectivity index (χ3v) is 23.9. The number of aliphatic hydroxyl groups excluding tert-OH is 6. The third-order valence-electron chi connectivity index (χ3n) is 23.9. The van der Waals surface area contributed by atoms with Crippen molar-refractivity contribution >= 4 is 76.9 Å². The van der Waals surface area contributed by atoms with E-state index in [9.17, 15) is 88.2 Å². The van der Waals surface area contributed by atoms with Crippen molar-refractivity contribution in [1.82, 2.24) is 62.6 Å². The maximum atomic E-state index is 14.7. The van der Waals surface area contributed by atoms with Crippen LogP contribution in [-0.4, -0.2) is 319 Å². The second kappa shape index (κ2) is 50.2. The van der Waals surface area contributed by atoms with Crippen LogP contribution in [-0.2, 0) is 95.8 Å². The summed E-state index contributed by atoms with van der Waals surface area (Å²) in [6, 6.07) is 18.0. The standard InChI is InChI=1S/C88H136N14O24/c1-15-50(8)73(101(12)86(118)71(48(4)5)99-85(117)72(49(6)7)100(10)11)59(121-13)42-69(106)102-37-23-29-58(102)80(122-14)51(9)81(113)97-57(38-53-24-18-16-19-25-53)82(114)90-36-34-52-30-32-55(33-31-52)95-83(115)56(28-22-35-91-87(89)119)96-84(116)70(47(2)3)98-68(105)41-62-76(109)78(111)64(126-62)44-93-66(103)39-60-74(107)77(110)63(124-60)43-92-67(104)40-61-75(108)79(112)65(125-61)45-94-88(120)123-46-54-26-20-17-21-27-54/h16-21,24-27,30-33,47-51,56-65,70-80,107-112H,15,22-23,28-29,34-46H2,1-14H3,(H,90,114)(H,92,104)(H,93,103)(H,94,120)(H,95,115)(H,96,116)(H,97,113)(H,98,105)(H,99,117)(H3,89,91,119)/t50-,51?,56?,57-,58?,59?,60?,61-,62-,63?,64+,65+,70+,71-,72?,73?,74-,75?,76?,77+,78?,79?,80?/m0/s1. The highest BCUT2D eigenvalue weighted by atomic mass is 16.6. The number of alkyl carbamates (subject to hydrolysis) is 1. The fraction of sp³-hybridized carbons (Fsp3) is 0.659. The van der Waals surface area contributed by atoms with Crippen molar-refractivity contribution in [3.63, 3.8) is 0 Å². The summed E-state index contributed by atoms with van der Waals surface area (Å²) in [7, 11) is 8.34. The minimum atomic E-state index is -1.65. The summed E-state index contributed by atoms with van der Waals surface area (Å²) in [5, 5.41) is 91.9. The van der Waals surface area contributed by atoms with E-state index in [1.165, 1.54) is 14.2 Å². The predicted molar refractivity (Wildman–Crippen MR) is 461 cm³/mol. The van der Waals surface area contributed by atoms with Gasteiger partial charge in [0, 0.05) is 72.6 Å². The quantitative estimate of drug-likeness (QED) is 0.0318. The monoisotopic (exact) mass is 1770 g/mol. The molecular formula is C88H136N14O24. The molecule has 0 radical (unpaired) electrons. The van der Waals surface area contributed by atoms with Crippen LogP contribution in [0.4, 0.5) is 15.3 Å². The number of urea groups is 1. The number of benzene rings is 3. The van der Waals surface area contributed by atoms with Crippen LogP contribution in [0.3, 0.4) is 0 Å². The molecule has 4 heterocycles. The van der Waals surface area contributed by atoms with Crippen molar-refractivity contribution in [1.29, 1.82) is 0 Å². The van der Waals surface area contributed by atoms with Crippen LogP contribution >= 0.6 is 0 Å². The van der Waals surface area contributed by atoms with Gasteiger partial charge in [0.25, 0.3) is 0 Å². The number of carbonyl (C=O) groups is 12. The van der Waals surface area contributed by atoms with E-state index in [-0.39, 0.29) is 93.9 Å². The Bertz CT molecular complexity index is 4020. The highest BCUT2D eigenvalue weighted by Crippen LogP contribution is 2.32. The average Bonchev–Trinajstić information content (AvgIpc) is 1.65. The topological polar surface area (TPSA) is 538 Å². The van der Waals surface area contributed by atoms with Crippen molar-refractivity contribution < 1.29 is 117 Å². The number of nitrogens with two attached hydrogens (primary N) is 1. The molecule has 0 aromatic heterocycles. The van der Waals surface area contributed by atoms with E-state index in [0.29, 0.717) is 37.9 Å². The molecule has 0 bridgehead atoms. The number of likely N-dealkylation sites (N-methyl/N-ethyl adjacent to an activating group) is 2. The highest BCUT2D eigenvalue weighted by molar-refractivity contribution is 5.99. The summed E-state index contributed by atoms with van der Waals surface area (Å²) in [6.45, 7) is 16.2. The first-order valence-electron chi connectivity index (χ1n) is 43.5. The molecule has 38 nitrogen and oxygen atoms in total. The molecule has 0 saturated carbocycles. The third kappa shape index (κ3) is 30.0. The van der Waals surface area contributed by atoms with Gasteiger partial charge in [-0.05, 0) is 98.7 Å². The van der Waals surface area contributed by atoms with Gasteiger partial charge in [-0.25, -0.2) is 9.59 Å². The molecule has 0 spiro atoms. The summed E-state index contributed by atoms with van der Waals surface area (Å²) >= 11 is 0. The molecule has 23 atom stereocenters. The van der Waals surface area contributed by atoms with Gasteiger partial charge in [0.2, 0.25) is 59.1 Å². The number of carbonyl (C=O) groups excluding carboxylic acids is 12. The van der Waals surface area contributed by atoms with Crippen molar-refractivity contribution in [3.05, 3.63) is 102 Å². The maximum absolute atomic E-state index is 14.7. The first-order valence-corrected chi connectivity index (χ1v) is 43.5. The van der Waals surface area contributed by atoms with Crippen molar-refractivity contribution in [2.75, 3.05) is 79.9 Å². The summed E-state index contributed by atoms with van der Waals surface area (Å²) in [5.74, 6) is -7.25. The number of ether oxygens (including phenoxy) is 6. The minimum absolute atomic E-state index is 0.0110. The van der Waals surface area contributed by atoms with Gasteiger partial charge in [-0.1, -0.05) is 142 Å². The maximum Gasteiger partial charge on any atom is 0.407 e. The Morgan fingerprint density at radius 2 is 1.05 bits per heavy atom. The number of primary amides is 1. The molecule has 702 valence electrons. The number of methoxy groups -OCH3 is 2. The molecule has 13 unspecified atom stereocenters. The molecule has 0 aliphatic carbocycles. The number of aliphatic hydroxyl groups is 6. The van der Waals surface area contributed by atoms with Crippen molar-refractivity contribution in [2.24, 2.45) is 35.3 Å². The van der Waals surface area contributed by atoms with Crippen LogP contribution in [0.1, 0.15) is 137 Å². The lowest BCUT2D eigenvalue weighted by Crippen LogP contribution is -2.59. The van der Waals surface area contributed by atoms with Crippen LogP contribution < -0.4 is 58.9 Å². The Kier molecular flexibility index (Phi) is 41.3. The molecule has 7 rings (SSSR count). The molecule has 4 aliphatic rings.